The molecule has 4 heteroatoms. The van der Waals surface area contributed by atoms with Crippen molar-refractivity contribution in [3.63, 3.8) is 0 Å². The van der Waals surface area contributed by atoms with Gasteiger partial charge in [-0.15, -0.1) is 5.10 Å². The molecule has 0 atom stereocenters. The fourth-order valence-electron chi connectivity index (χ4n) is 4.66. The van der Waals surface area contributed by atoms with Crippen LogP contribution in [0.4, 0.5) is 0 Å². The molecule has 2 N–H and O–H groups in total. The van der Waals surface area contributed by atoms with Crippen molar-refractivity contribution in [3.8, 4) is 0 Å². The minimum atomic E-state index is -0.416. The van der Waals surface area contributed by atoms with Gasteiger partial charge in [0, 0.05) is 0 Å². The maximum Gasteiger partial charge on any atom is 0.113 e. The average Bonchev–Trinajstić information content (AvgIpc) is 3.22. The van der Waals surface area contributed by atoms with Gasteiger partial charge in [-0.2, -0.15) is 0 Å². The van der Waals surface area contributed by atoms with Crippen LogP contribution in [0.2, 0.25) is 0 Å². The smallest absolute Gasteiger partial charge is 0.113 e. The lowest BCUT2D eigenvalue weighted by molar-refractivity contribution is 0.212. The summed E-state index contributed by atoms with van der Waals surface area (Å²) < 4.78 is 2.03. The van der Waals surface area contributed by atoms with E-state index in [1.165, 1.54) is 103 Å². The third-order valence-electron chi connectivity index (χ3n) is 6.70. The second kappa shape index (κ2) is 15.4. The monoisotopic (exact) mass is 428 g/mol. The number of hydrogen-bond donors (Lipinski definition) is 1. The first-order valence-electron chi connectivity index (χ1n) is 13.3. The summed E-state index contributed by atoms with van der Waals surface area (Å²) in [6, 6.07) is 8.23. The van der Waals surface area contributed by atoms with Crippen LogP contribution in [-0.2, 0) is 5.66 Å². The van der Waals surface area contributed by atoms with Gasteiger partial charge in [0.25, 0.3) is 0 Å². The Morgan fingerprint density at radius 1 is 0.677 bits per heavy atom. The first kappa shape index (κ1) is 25.8. The van der Waals surface area contributed by atoms with Crippen LogP contribution in [0.3, 0.4) is 0 Å². The number of aromatic nitrogens is 3. The lowest BCUT2D eigenvalue weighted by Gasteiger charge is -2.30. The lowest BCUT2D eigenvalue weighted by atomic mass is 9.94. The zero-order valence-corrected chi connectivity index (χ0v) is 20.5. The number of para-hydroxylation sites is 1. The fraction of sp³-hybridized carbons (Fsp3) is 0.778. The van der Waals surface area contributed by atoms with E-state index in [0.717, 1.165) is 23.9 Å². The summed E-state index contributed by atoms with van der Waals surface area (Å²) >= 11 is 0. The third kappa shape index (κ3) is 9.31. The van der Waals surface area contributed by atoms with Crippen LogP contribution in [0.15, 0.2) is 24.3 Å². The van der Waals surface area contributed by atoms with Gasteiger partial charge < -0.3 is 5.73 Å². The van der Waals surface area contributed by atoms with Crippen LogP contribution < -0.4 is 5.73 Å². The number of unbranched alkanes of at least 4 members (excludes halogenated alkanes) is 14. The van der Waals surface area contributed by atoms with Crippen molar-refractivity contribution in [1.29, 1.82) is 0 Å². The maximum atomic E-state index is 7.05. The number of nitrogens with zero attached hydrogens (tertiary/aromatic N) is 3. The molecule has 0 amide bonds. The standard InChI is InChI=1S/C27H48N4/c1-3-5-7-9-11-13-15-19-23-27(28,24-20-16-14-12-10-8-6-4-2)31-26-22-18-17-21-25(26)29-30-31/h17-18,21-22H,3-16,19-20,23-24,28H2,1-2H3. The van der Waals surface area contributed by atoms with E-state index in [1.54, 1.807) is 0 Å². The largest absolute Gasteiger partial charge is 0.307 e. The van der Waals surface area contributed by atoms with Crippen molar-refractivity contribution >= 4 is 11.0 Å². The SMILES string of the molecule is CCCCCCCCCCC(N)(CCCCCCCCCC)n1nnc2ccccc21. The highest BCUT2D eigenvalue weighted by Gasteiger charge is 2.29. The van der Waals surface area contributed by atoms with Gasteiger partial charge >= 0.3 is 0 Å². The average molecular weight is 429 g/mol. The van der Waals surface area contributed by atoms with Crippen molar-refractivity contribution in [2.24, 2.45) is 5.73 Å². The van der Waals surface area contributed by atoms with E-state index < -0.39 is 5.66 Å². The second-order valence-corrected chi connectivity index (χ2v) is 9.54. The summed E-state index contributed by atoms with van der Waals surface area (Å²) in [5, 5.41) is 8.90. The van der Waals surface area contributed by atoms with Gasteiger partial charge in [0.05, 0.1) is 5.52 Å². The third-order valence-corrected chi connectivity index (χ3v) is 6.70. The molecule has 0 bridgehead atoms. The Labute approximate surface area is 191 Å². The first-order chi connectivity index (χ1) is 15.2. The minimum absolute atomic E-state index is 0.416. The highest BCUT2D eigenvalue weighted by atomic mass is 15.5. The summed E-state index contributed by atoms with van der Waals surface area (Å²) in [7, 11) is 0. The Hall–Kier alpha value is -1.42. The molecule has 1 aromatic carbocycles. The highest BCUT2D eigenvalue weighted by molar-refractivity contribution is 5.74. The first-order valence-corrected chi connectivity index (χ1v) is 13.3. The molecule has 0 radical (unpaired) electrons. The van der Waals surface area contributed by atoms with Gasteiger partial charge in [-0.3, -0.25) is 0 Å². The Bertz CT molecular complexity index is 673. The topological polar surface area (TPSA) is 56.7 Å². The van der Waals surface area contributed by atoms with Crippen LogP contribution >= 0.6 is 0 Å². The van der Waals surface area contributed by atoms with Crippen LogP contribution in [0.25, 0.3) is 11.0 Å². The fourth-order valence-corrected chi connectivity index (χ4v) is 4.66. The Morgan fingerprint density at radius 3 is 1.65 bits per heavy atom. The maximum absolute atomic E-state index is 7.05. The van der Waals surface area contributed by atoms with E-state index in [1.807, 2.05) is 16.8 Å². The van der Waals surface area contributed by atoms with Crippen LogP contribution in [-0.4, -0.2) is 15.0 Å². The summed E-state index contributed by atoms with van der Waals surface area (Å²) in [6.45, 7) is 4.56. The van der Waals surface area contributed by atoms with E-state index >= 15 is 0 Å². The molecule has 31 heavy (non-hydrogen) atoms. The molecule has 0 spiro atoms. The molecule has 0 saturated carbocycles. The summed E-state index contributed by atoms with van der Waals surface area (Å²) in [4.78, 5) is 0. The van der Waals surface area contributed by atoms with Gasteiger partial charge in [0.15, 0.2) is 0 Å². The highest BCUT2D eigenvalue weighted by Crippen LogP contribution is 2.28. The van der Waals surface area contributed by atoms with E-state index in [2.05, 4.69) is 36.3 Å². The number of hydrogen-bond acceptors (Lipinski definition) is 3. The van der Waals surface area contributed by atoms with E-state index in [4.69, 9.17) is 5.73 Å². The van der Waals surface area contributed by atoms with Crippen LogP contribution in [0.1, 0.15) is 129 Å². The lowest BCUT2D eigenvalue weighted by Crippen LogP contribution is -2.44. The molecule has 4 nitrogen and oxygen atoms in total. The molecule has 2 aromatic rings. The van der Waals surface area contributed by atoms with Crippen molar-refractivity contribution in [1.82, 2.24) is 15.0 Å². The molecule has 0 aliphatic rings. The van der Waals surface area contributed by atoms with E-state index in [0.29, 0.717) is 0 Å². The van der Waals surface area contributed by atoms with Gasteiger partial charge in [0.1, 0.15) is 11.2 Å². The van der Waals surface area contributed by atoms with Crippen molar-refractivity contribution in [3.05, 3.63) is 24.3 Å². The molecular weight excluding hydrogens is 380 g/mol. The minimum Gasteiger partial charge on any atom is -0.307 e. The van der Waals surface area contributed by atoms with Crippen molar-refractivity contribution in [2.75, 3.05) is 0 Å². The van der Waals surface area contributed by atoms with Crippen LogP contribution in [0, 0.1) is 0 Å². The number of rotatable bonds is 19. The predicted molar refractivity (Wildman–Crippen MR) is 134 cm³/mol. The summed E-state index contributed by atoms with van der Waals surface area (Å²) in [5.74, 6) is 0. The number of benzene rings is 1. The van der Waals surface area contributed by atoms with E-state index in [-0.39, 0.29) is 0 Å². The molecule has 0 unspecified atom stereocenters. The molecular formula is C27H48N4. The zero-order chi connectivity index (χ0) is 22.2. The van der Waals surface area contributed by atoms with Gasteiger partial charge in [0.2, 0.25) is 0 Å². The number of fused-ring (bicyclic) bond motifs is 1. The quantitative estimate of drug-likeness (QED) is 0.230. The normalized spacial score (nSPS) is 12.1. The van der Waals surface area contributed by atoms with Gasteiger partial charge in [-0.1, -0.05) is 121 Å². The number of nitrogens with two attached hydrogens (primary N) is 1. The van der Waals surface area contributed by atoms with E-state index in [9.17, 15) is 0 Å². The van der Waals surface area contributed by atoms with Crippen LogP contribution in [0.5, 0.6) is 0 Å². The predicted octanol–water partition coefficient (Wildman–Crippen LogP) is 8.10. The summed E-state index contributed by atoms with van der Waals surface area (Å²) in [6.07, 6.45) is 23.2. The molecule has 1 aromatic heterocycles. The van der Waals surface area contributed by atoms with Crippen molar-refractivity contribution in [2.45, 2.75) is 135 Å². The Morgan fingerprint density at radius 2 is 1.13 bits per heavy atom. The Kier molecular flexibility index (Phi) is 12.8. The van der Waals surface area contributed by atoms with Gasteiger partial charge in [-0.05, 0) is 37.8 Å². The Balaban J connectivity index is 1.84. The zero-order valence-electron chi connectivity index (χ0n) is 20.5. The second-order valence-electron chi connectivity index (χ2n) is 9.54. The molecule has 1 heterocycles. The molecule has 176 valence electrons. The molecule has 0 aliphatic heterocycles. The summed E-state index contributed by atoms with van der Waals surface area (Å²) in [5.41, 5.74) is 8.66. The molecule has 0 fully saturated rings. The molecule has 0 aliphatic carbocycles. The molecule has 0 saturated heterocycles. The van der Waals surface area contributed by atoms with Gasteiger partial charge in [-0.25, -0.2) is 4.68 Å². The molecule has 2 rings (SSSR count). The van der Waals surface area contributed by atoms with Crippen molar-refractivity contribution < 1.29 is 0 Å².